The van der Waals surface area contributed by atoms with E-state index in [2.05, 4.69) is 10.0 Å². The molecule has 2 rings (SSSR count). The summed E-state index contributed by atoms with van der Waals surface area (Å²) in [6.07, 6.45) is 3.08. The van der Waals surface area contributed by atoms with Gasteiger partial charge in [-0.1, -0.05) is 18.6 Å². The van der Waals surface area contributed by atoms with Crippen LogP contribution < -0.4 is 10.0 Å². The first-order valence-electron chi connectivity index (χ1n) is 7.34. The van der Waals surface area contributed by atoms with Gasteiger partial charge in [0.25, 0.3) is 0 Å². The molecule has 1 aliphatic heterocycles. The summed E-state index contributed by atoms with van der Waals surface area (Å²) >= 11 is 0. The van der Waals surface area contributed by atoms with Crippen LogP contribution >= 0.6 is 0 Å². The predicted molar refractivity (Wildman–Crippen MR) is 82.1 cm³/mol. The van der Waals surface area contributed by atoms with Crippen molar-refractivity contribution in [2.75, 3.05) is 12.3 Å². The molecular weight excluding hydrogens is 291 g/mol. The maximum atomic E-state index is 13.5. The smallest absolute Gasteiger partial charge is 0.213 e. The Balaban J connectivity index is 1.95. The average molecular weight is 314 g/mol. The van der Waals surface area contributed by atoms with Gasteiger partial charge in [0, 0.05) is 12.6 Å². The van der Waals surface area contributed by atoms with Crippen molar-refractivity contribution in [2.24, 2.45) is 0 Å². The van der Waals surface area contributed by atoms with E-state index >= 15 is 0 Å². The molecule has 0 aliphatic carbocycles. The lowest BCUT2D eigenvalue weighted by Gasteiger charge is -2.23. The molecule has 0 bridgehead atoms. The average Bonchev–Trinajstić information content (AvgIpc) is 2.43. The van der Waals surface area contributed by atoms with Gasteiger partial charge in [-0.3, -0.25) is 0 Å². The number of aryl methyl sites for hydroxylation is 2. The highest BCUT2D eigenvalue weighted by atomic mass is 32.2. The molecule has 1 fully saturated rings. The zero-order valence-corrected chi connectivity index (χ0v) is 13.4. The monoisotopic (exact) mass is 314 g/mol. The number of nitrogens with one attached hydrogen (secondary N) is 2. The molecule has 0 saturated carbocycles. The Bertz CT molecular complexity index is 573. The Hall–Kier alpha value is -0.980. The van der Waals surface area contributed by atoms with Crippen LogP contribution in [0, 0.1) is 19.7 Å². The molecule has 1 saturated heterocycles. The summed E-state index contributed by atoms with van der Waals surface area (Å²) in [5, 5.41) is 3.23. The van der Waals surface area contributed by atoms with Gasteiger partial charge in [0.2, 0.25) is 10.0 Å². The molecule has 1 aliphatic rings. The van der Waals surface area contributed by atoms with Gasteiger partial charge in [-0.15, -0.1) is 0 Å². The minimum atomic E-state index is -3.32. The Morgan fingerprint density at radius 3 is 2.52 bits per heavy atom. The highest BCUT2D eigenvalue weighted by Crippen LogP contribution is 2.15. The second-order valence-electron chi connectivity index (χ2n) is 5.79. The van der Waals surface area contributed by atoms with Crippen LogP contribution in [0.5, 0.6) is 0 Å². The number of hydrogen-bond acceptors (Lipinski definition) is 3. The summed E-state index contributed by atoms with van der Waals surface area (Å²) in [4.78, 5) is 0. The van der Waals surface area contributed by atoms with Crippen molar-refractivity contribution >= 4 is 10.0 Å². The van der Waals surface area contributed by atoms with Gasteiger partial charge in [-0.2, -0.15) is 0 Å². The lowest BCUT2D eigenvalue weighted by molar-refractivity contribution is 0.422. The van der Waals surface area contributed by atoms with Crippen molar-refractivity contribution in [1.82, 2.24) is 10.0 Å². The molecule has 1 heterocycles. The standard InChI is InChI=1S/C15H23FN2O2S/c1-11-7-13(8-12(2)15(11)16)9-18-21(19,20)10-14-5-3-4-6-17-14/h7-8,14,17-18H,3-6,9-10H2,1-2H3. The summed E-state index contributed by atoms with van der Waals surface area (Å²) in [7, 11) is -3.32. The molecule has 118 valence electrons. The molecule has 1 aromatic rings. The highest BCUT2D eigenvalue weighted by Gasteiger charge is 2.20. The topological polar surface area (TPSA) is 58.2 Å². The zero-order chi connectivity index (χ0) is 15.5. The van der Waals surface area contributed by atoms with Crippen molar-refractivity contribution in [1.29, 1.82) is 0 Å². The van der Waals surface area contributed by atoms with Gasteiger partial charge in [0.1, 0.15) is 5.82 Å². The molecule has 1 atom stereocenters. The van der Waals surface area contributed by atoms with E-state index in [0.717, 1.165) is 31.4 Å². The second kappa shape index (κ2) is 6.85. The van der Waals surface area contributed by atoms with Crippen LogP contribution in [-0.4, -0.2) is 26.8 Å². The predicted octanol–water partition coefficient (Wildman–Crippen LogP) is 2.00. The van der Waals surface area contributed by atoms with E-state index in [0.29, 0.717) is 11.1 Å². The largest absolute Gasteiger partial charge is 0.313 e. The van der Waals surface area contributed by atoms with Gasteiger partial charge in [0.15, 0.2) is 0 Å². The lowest BCUT2D eigenvalue weighted by Crippen LogP contribution is -2.42. The van der Waals surface area contributed by atoms with Crippen LogP contribution in [0.4, 0.5) is 4.39 Å². The highest BCUT2D eigenvalue weighted by molar-refractivity contribution is 7.89. The SMILES string of the molecule is Cc1cc(CNS(=O)(=O)CC2CCCCN2)cc(C)c1F. The molecular formula is C15H23FN2O2S. The van der Waals surface area contributed by atoms with Crippen molar-refractivity contribution in [3.05, 3.63) is 34.6 Å². The van der Waals surface area contributed by atoms with Crippen LogP contribution in [0.2, 0.25) is 0 Å². The summed E-state index contributed by atoms with van der Waals surface area (Å²) in [5.41, 5.74) is 1.86. The van der Waals surface area contributed by atoms with Gasteiger partial charge in [-0.25, -0.2) is 17.5 Å². The van der Waals surface area contributed by atoms with Crippen LogP contribution in [-0.2, 0) is 16.6 Å². The Kier molecular flexibility index (Phi) is 5.35. The Morgan fingerprint density at radius 1 is 1.29 bits per heavy atom. The van der Waals surface area contributed by atoms with Crippen LogP contribution in [0.3, 0.4) is 0 Å². The third-order valence-electron chi connectivity index (χ3n) is 3.83. The van der Waals surface area contributed by atoms with Crippen LogP contribution in [0.1, 0.15) is 36.0 Å². The second-order valence-corrected chi connectivity index (χ2v) is 7.64. The van der Waals surface area contributed by atoms with Crippen LogP contribution in [0.15, 0.2) is 12.1 Å². The molecule has 0 aromatic heterocycles. The van der Waals surface area contributed by atoms with E-state index in [9.17, 15) is 12.8 Å². The number of hydrogen-bond donors (Lipinski definition) is 2. The first-order valence-corrected chi connectivity index (χ1v) is 8.99. The maximum Gasteiger partial charge on any atom is 0.213 e. The van der Waals surface area contributed by atoms with E-state index in [4.69, 9.17) is 0 Å². The minimum absolute atomic E-state index is 0.0351. The number of rotatable bonds is 5. The summed E-state index contributed by atoms with van der Waals surface area (Å²) in [6.45, 7) is 4.46. The van der Waals surface area contributed by atoms with E-state index in [1.165, 1.54) is 0 Å². The van der Waals surface area contributed by atoms with Crippen molar-refractivity contribution in [2.45, 2.75) is 45.7 Å². The maximum absolute atomic E-state index is 13.5. The molecule has 0 spiro atoms. The molecule has 2 N–H and O–H groups in total. The molecule has 0 radical (unpaired) electrons. The number of sulfonamides is 1. The number of piperidine rings is 1. The third kappa shape index (κ3) is 4.76. The molecule has 1 unspecified atom stereocenters. The van der Waals surface area contributed by atoms with E-state index < -0.39 is 10.0 Å². The van der Waals surface area contributed by atoms with Gasteiger partial charge < -0.3 is 5.32 Å². The van der Waals surface area contributed by atoms with Crippen molar-refractivity contribution in [3.63, 3.8) is 0 Å². The Labute approximate surface area is 126 Å². The third-order valence-corrected chi connectivity index (χ3v) is 5.25. The summed E-state index contributed by atoms with van der Waals surface area (Å²) < 4.78 is 40.3. The Morgan fingerprint density at radius 2 is 1.95 bits per heavy atom. The zero-order valence-electron chi connectivity index (χ0n) is 12.6. The van der Waals surface area contributed by atoms with Gasteiger partial charge >= 0.3 is 0 Å². The summed E-state index contributed by atoms with van der Waals surface area (Å²) in [6, 6.07) is 3.40. The van der Waals surface area contributed by atoms with Crippen molar-refractivity contribution in [3.8, 4) is 0 Å². The van der Waals surface area contributed by atoms with E-state index in [1.54, 1.807) is 26.0 Å². The molecule has 4 nitrogen and oxygen atoms in total. The first kappa shape index (κ1) is 16.4. The summed E-state index contributed by atoms with van der Waals surface area (Å²) in [5.74, 6) is -0.125. The van der Waals surface area contributed by atoms with E-state index in [-0.39, 0.29) is 24.2 Å². The molecule has 6 heteroatoms. The fraction of sp³-hybridized carbons (Fsp3) is 0.600. The van der Waals surface area contributed by atoms with Gasteiger partial charge in [-0.05, 0) is 49.9 Å². The minimum Gasteiger partial charge on any atom is -0.313 e. The van der Waals surface area contributed by atoms with E-state index in [1.807, 2.05) is 0 Å². The molecule has 1 aromatic carbocycles. The normalized spacial score (nSPS) is 19.7. The van der Waals surface area contributed by atoms with Crippen molar-refractivity contribution < 1.29 is 12.8 Å². The molecule has 21 heavy (non-hydrogen) atoms. The fourth-order valence-corrected chi connectivity index (χ4v) is 4.04. The lowest BCUT2D eigenvalue weighted by atomic mass is 10.1. The quantitative estimate of drug-likeness (QED) is 0.874. The first-order chi connectivity index (χ1) is 9.87. The number of benzene rings is 1. The fourth-order valence-electron chi connectivity index (χ4n) is 2.72. The molecule has 0 amide bonds. The van der Waals surface area contributed by atoms with Crippen LogP contribution in [0.25, 0.3) is 0 Å². The van der Waals surface area contributed by atoms with Gasteiger partial charge in [0.05, 0.1) is 5.75 Å². The number of halogens is 1.